The lowest BCUT2D eigenvalue weighted by atomic mass is 9.99. The Hall–Kier alpha value is -1.98. The minimum atomic E-state index is -1.04. The Morgan fingerprint density at radius 3 is 2.48 bits per heavy atom. The van der Waals surface area contributed by atoms with Gasteiger partial charge in [0, 0.05) is 12.9 Å². The van der Waals surface area contributed by atoms with Crippen LogP contribution in [0.3, 0.4) is 0 Å². The second-order valence-corrected chi connectivity index (χ2v) is 4.70. The zero-order valence-electron chi connectivity index (χ0n) is 11.6. The van der Waals surface area contributed by atoms with Crippen molar-refractivity contribution in [3.8, 4) is 16.9 Å². The van der Waals surface area contributed by atoms with Gasteiger partial charge >= 0.3 is 5.97 Å². The van der Waals surface area contributed by atoms with Crippen LogP contribution in [-0.4, -0.2) is 25.0 Å². The molecule has 0 radical (unpaired) electrons. The lowest BCUT2D eigenvalue weighted by molar-refractivity contribution is 0.0483. The van der Waals surface area contributed by atoms with Gasteiger partial charge in [-0.25, -0.2) is 4.79 Å². The molecule has 0 saturated carbocycles. The van der Waals surface area contributed by atoms with Crippen molar-refractivity contribution in [1.82, 2.24) is 0 Å². The van der Waals surface area contributed by atoms with Crippen LogP contribution in [0.25, 0.3) is 11.1 Å². The monoisotopic (exact) mass is 304 g/mol. The molecule has 0 aromatic heterocycles. The summed E-state index contributed by atoms with van der Waals surface area (Å²) in [6.07, 6.45) is 0. The summed E-state index contributed by atoms with van der Waals surface area (Å²) in [6.45, 7) is -0.00939. The Balaban J connectivity index is 2.56. The van der Waals surface area contributed by atoms with Crippen molar-refractivity contribution in [3.63, 3.8) is 0 Å². The molecule has 1 N–H and O–H groups in total. The number of carbonyl (C=O) groups is 1. The molecule has 0 spiro atoms. The van der Waals surface area contributed by atoms with E-state index in [2.05, 4.69) is 12.6 Å². The summed E-state index contributed by atoms with van der Waals surface area (Å²) in [5.41, 5.74) is 2.61. The molecule has 0 bridgehead atoms. The van der Waals surface area contributed by atoms with E-state index in [1.54, 1.807) is 6.07 Å². The van der Waals surface area contributed by atoms with Gasteiger partial charge in [-0.2, -0.15) is 12.6 Å². The summed E-state index contributed by atoms with van der Waals surface area (Å²) in [4.78, 5) is 11.5. The number of carboxylic acids is 1. The van der Waals surface area contributed by atoms with Crippen LogP contribution in [0.5, 0.6) is 5.75 Å². The Morgan fingerprint density at radius 1 is 1.19 bits per heavy atom. The third-order valence-electron chi connectivity index (χ3n) is 3.01. The van der Waals surface area contributed by atoms with Crippen molar-refractivity contribution in [2.75, 3.05) is 13.9 Å². The Kier molecular flexibility index (Phi) is 5.25. The van der Waals surface area contributed by atoms with Gasteiger partial charge in [0.2, 0.25) is 0 Å². The van der Waals surface area contributed by atoms with Gasteiger partial charge in [0.05, 0.1) is 0 Å². The van der Waals surface area contributed by atoms with Gasteiger partial charge in [-0.05, 0) is 28.8 Å². The predicted octanol–water partition coefficient (Wildman–Crippen LogP) is 3.46. The van der Waals surface area contributed by atoms with Crippen molar-refractivity contribution in [1.29, 1.82) is 0 Å². The number of thiol groups is 1. The van der Waals surface area contributed by atoms with Crippen molar-refractivity contribution in [3.05, 3.63) is 53.6 Å². The molecular formula is C16H16O4S. The quantitative estimate of drug-likeness (QED) is 0.634. The second-order valence-electron chi connectivity index (χ2n) is 4.39. The van der Waals surface area contributed by atoms with E-state index in [9.17, 15) is 9.90 Å². The van der Waals surface area contributed by atoms with Gasteiger partial charge in [0.1, 0.15) is 11.3 Å². The predicted molar refractivity (Wildman–Crippen MR) is 84.0 cm³/mol. The molecule has 0 fully saturated rings. The fourth-order valence-corrected chi connectivity index (χ4v) is 2.32. The van der Waals surface area contributed by atoms with Crippen molar-refractivity contribution >= 4 is 18.6 Å². The van der Waals surface area contributed by atoms with Crippen LogP contribution in [0.4, 0.5) is 0 Å². The highest BCUT2D eigenvalue weighted by atomic mass is 32.1. The van der Waals surface area contributed by atoms with Crippen LogP contribution in [0.2, 0.25) is 0 Å². The third kappa shape index (κ3) is 3.56. The molecular weight excluding hydrogens is 288 g/mol. The van der Waals surface area contributed by atoms with E-state index in [4.69, 9.17) is 9.47 Å². The van der Waals surface area contributed by atoms with Gasteiger partial charge in [0.25, 0.3) is 0 Å². The molecule has 2 aromatic rings. The number of ether oxygens (including phenoxy) is 2. The molecule has 0 heterocycles. The molecule has 0 aliphatic carbocycles. The highest BCUT2D eigenvalue weighted by Gasteiger charge is 2.18. The standard InChI is InChI=1S/C16H16O4S/c1-19-10-20-14-8-12(11-5-3-2-4-6-11)7-13(9-21)15(14)16(17)18/h2-8,21H,9-10H2,1H3,(H,17,18). The maximum absolute atomic E-state index is 11.5. The molecule has 2 rings (SSSR count). The van der Waals surface area contributed by atoms with E-state index in [-0.39, 0.29) is 18.1 Å². The first-order valence-corrected chi connectivity index (χ1v) is 6.99. The number of hydrogen-bond donors (Lipinski definition) is 2. The van der Waals surface area contributed by atoms with E-state index in [1.165, 1.54) is 7.11 Å². The van der Waals surface area contributed by atoms with E-state index in [0.29, 0.717) is 11.3 Å². The van der Waals surface area contributed by atoms with Gasteiger partial charge in [0.15, 0.2) is 6.79 Å². The Bertz CT molecular complexity index is 626. The summed E-state index contributed by atoms with van der Waals surface area (Å²) in [6, 6.07) is 13.2. The molecule has 4 nitrogen and oxygen atoms in total. The van der Waals surface area contributed by atoms with Crippen molar-refractivity contribution in [2.45, 2.75) is 5.75 Å². The largest absolute Gasteiger partial charge is 0.478 e. The first-order valence-electron chi connectivity index (χ1n) is 6.35. The highest BCUT2D eigenvalue weighted by molar-refractivity contribution is 7.79. The molecule has 0 atom stereocenters. The molecule has 2 aromatic carbocycles. The number of methoxy groups -OCH3 is 1. The molecule has 0 aliphatic heterocycles. The normalized spacial score (nSPS) is 10.4. The van der Waals surface area contributed by atoms with Crippen LogP contribution in [0.15, 0.2) is 42.5 Å². The van der Waals surface area contributed by atoms with Crippen molar-refractivity contribution < 1.29 is 19.4 Å². The van der Waals surface area contributed by atoms with Gasteiger partial charge in [-0.15, -0.1) is 0 Å². The molecule has 0 aliphatic rings. The summed E-state index contributed by atoms with van der Waals surface area (Å²) in [7, 11) is 1.49. The second kappa shape index (κ2) is 7.15. The van der Waals surface area contributed by atoms with E-state index < -0.39 is 5.97 Å². The van der Waals surface area contributed by atoms with Crippen LogP contribution < -0.4 is 4.74 Å². The lowest BCUT2D eigenvalue weighted by Gasteiger charge is -2.14. The Labute approximate surface area is 128 Å². The fourth-order valence-electron chi connectivity index (χ4n) is 2.07. The molecule has 0 saturated heterocycles. The summed E-state index contributed by atoms with van der Waals surface area (Å²) >= 11 is 4.22. The zero-order chi connectivity index (χ0) is 15.2. The molecule has 0 unspecified atom stereocenters. The summed E-state index contributed by atoms with van der Waals surface area (Å²) in [5.74, 6) is -0.439. The SMILES string of the molecule is COCOc1cc(-c2ccccc2)cc(CS)c1C(=O)O. The van der Waals surface area contributed by atoms with Gasteiger partial charge in [-0.1, -0.05) is 30.3 Å². The molecule has 5 heteroatoms. The van der Waals surface area contributed by atoms with Crippen LogP contribution >= 0.6 is 12.6 Å². The number of rotatable bonds is 6. The molecule has 21 heavy (non-hydrogen) atoms. The summed E-state index contributed by atoms with van der Waals surface area (Å²) < 4.78 is 10.3. The number of carboxylic acid groups (broad SMARTS) is 1. The van der Waals surface area contributed by atoms with E-state index in [0.717, 1.165) is 11.1 Å². The first-order chi connectivity index (χ1) is 10.2. The number of hydrogen-bond acceptors (Lipinski definition) is 4. The minimum absolute atomic E-state index is 0.00939. The maximum atomic E-state index is 11.5. The fraction of sp³-hybridized carbons (Fsp3) is 0.188. The lowest BCUT2D eigenvalue weighted by Crippen LogP contribution is -2.08. The molecule has 110 valence electrons. The van der Waals surface area contributed by atoms with Gasteiger partial charge in [-0.3, -0.25) is 0 Å². The average Bonchev–Trinajstić information content (AvgIpc) is 2.52. The van der Waals surface area contributed by atoms with E-state index >= 15 is 0 Å². The molecule has 0 amide bonds. The minimum Gasteiger partial charge on any atom is -0.478 e. The summed E-state index contributed by atoms with van der Waals surface area (Å²) in [5, 5.41) is 9.38. The average molecular weight is 304 g/mol. The van der Waals surface area contributed by atoms with E-state index in [1.807, 2.05) is 36.4 Å². The Morgan fingerprint density at radius 2 is 1.90 bits per heavy atom. The smallest absolute Gasteiger partial charge is 0.339 e. The topological polar surface area (TPSA) is 55.8 Å². The number of benzene rings is 2. The van der Waals surface area contributed by atoms with Crippen LogP contribution in [-0.2, 0) is 10.5 Å². The maximum Gasteiger partial charge on any atom is 0.339 e. The van der Waals surface area contributed by atoms with Crippen molar-refractivity contribution in [2.24, 2.45) is 0 Å². The first kappa shape index (κ1) is 15.4. The highest BCUT2D eigenvalue weighted by Crippen LogP contribution is 2.31. The zero-order valence-corrected chi connectivity index (χ0v) is 12.5. The third-order valence-corrected chi connectivity index (χ3v) is 3.35. The van der Waals surface area contributed by atoms with Gasteiger partial charge < -0.3 is 14.6 Å². The van der Waals surface area contributed by atoms with Crippen LogP contribution in [0.1, 0.15) is 15.9 Å². The van der Waals surface area contributed by atoms with Crippen LogP contribution in [0, 0.1) is 0 Å². The number of aromatic carboxylic acids is 1.